The molecule has 0 atom stereocenters. The number of carbonyl (C=O) groups excluding carboxylic acids is 1. The second-order valence-electron chi connectivity index (χ2n) is 6.42. The van der Waals surface area contributed by atoms with Crippen molar-refractivity contribution in [1.82, 2.24) is 9.80 Å². The molecule has 8 heteroatoms. The van der Waals surface area contributed by atoms with E-state index >= 15 is 0 Å². The number of anilines is 1. The monoisotopic (exact) mass is 343 g/mol. The third kappa shape index (κ3) is 3.88. The number of likely N-dealkylation sites (tertiary alicyclic amines) is 1. The number of piperazine rings is 1. The van der Waals surface area contributed by atoms with Gasteiger partial charge in [-0.05, 0) is 25.0 Å². The second kappa shape index (κ2) is 7.49. The number of benzene rings is 1. The Hall–Kier alpha value is -2.66. The molecule has 132 valence electrons. The van der Waals surface area contributed by atoms with Gasteiger partial charge in [0.25, 0.3) is 5.69 Å². The van der Waals surface area contributed by atoms with Crippen molar-refractivity contribution < 1.29 is 9.72 Å². The molecular weight excluding hydrogens is 322 g/mol. The summed E-state index contributed by atoms with van der Waals surface area (Å²) in [5, 5.41) is 20.2. The molecule has 2 heterocycles. The molecule has 1 aromatic carbocycles. The van der Waals surface area contributed by atoms with Crippen molar-refractivity contribution in [3.63, 3.8) is 0 Å². The molecule has 25 heavy (non-hydrogen) atoms. The van der Waals surface area contributed by atoms with Gasteiger partial charge in [-0.2, -0.15) is 5.26 Å². The van der Waals surface area contributed by atoms with E-state index in [0.717, 1.165) is 25.9 Å². The van der Waals surface area contributed by atoms with Gasteiger partial charge < -0.3 is 9.80 Å². The normalized spacial score (nSPS) is 18.2. The third-order valence-electron chi connectivity index (χ3n) is 4.83. The minimum atomic E-state index is -0.445. The maximum Gasteiger partial charge on any atom is 0.293 e. The fraction of sp³-hybridized carbons (Fsp3) is 0.529. The zero-order valence-corrected chi connectivity index (χ0v) is 14.1. The Bertz CT molecular complexity index is 701. The predicted octanol–water partition coefficient (Wildman–Crippen LogP) is 1.21. The predicted molar refractivity (Wildman–Crippen MR) is 92.3 cm³/mol. The first-order chi connectivity index (χ1) is 12.1. The fourth-order valence-electron chi connectivity index (χ4n) is 3.41. The molecule has 2 fully saturated rings. The average Bonchev–Trinajstić information content (AvgIpc) is 3.16. The van der Waals surface area contributed by atoms with E-state index < -0.39 is 4.92 Å². The number of nitriles is 1. The first kappa shape index (κ1) is 17.2. The lowest BCUT2D eigenvalue weighted by Crippen LogP contribution is -2.50. The Morgan fingerprint density at radius 3 is 2.44 bits per heavy atom. The van der Waals surface area contributed by atoms with E-state index in [1.54, 1.807) is 12.1 Å². The Morgan fingerprint density at radius 2 is 1.84 bits per heavy atom. The summed E-state index contributed by atoms with van der Waals surface area (Å²) in [6.07, 6.45) is 2.17. The average molecular weight is 343 g/mol. The topological polar surface area (TPSA) is 93.7 Å². The van der Waals surface area contributed by atoms with Crippen molar-refractivity contribution in [1.29, 1.82) is 5.26 Å². The van der Waals surface area contributed by atoms with Crippen molar-refractivity contribution >= 4 is 17.3 Å². The highest BCUT2D eigenvalue weighted by molar-refractivity contribution is 5.78. The summed E-state index contributed by atoms with van der Waals surface area (Å²) >= 11 is 0. The van der Waals surface area contributed by atoms with Gasteiger partial charge in [-0.25, -0.2) is 0 Å². The summed E-state index contributed by atoms with van der Waals surface area (Å²) in [5.74, 6) is 0.176. The minimum Gasteiger partial charge on any atom is -0.363 e. The molecule has 8 nitrogen and oxygen atoms in total. The molecule has 2 saturated heterocycles. The van der Waals surface area contributed by atoms with Crippen LogP contribution in [0, 0.1) is 21.4 Å². The quantitative estimate of drug-likeness (QED) is 0.602. The molecule has 0 spiro atoms. The van der Waals surface area contributed by atoms with E-state index in [1.165, 1.54) is 6.07 Å². The lowest BCUT2D eigenvalue weighted by Gasteiger charge is -2.36. The molecule has 1 amide bonds. The van der Waals surface area contributed by atoms with Crippen molar-refractivity contribution in [2.45, 2.75) is 12.8 Å². The largest absolute Gasteiger partial charge is 0.363 e. The summed E-state index contributed by atoms with van der Waals surface area (Å²) in [6, 6.07) is 6.50. The van der Waals surface area contributed by atoms with Crippen LogP contribution in [0.1, 0.15) is 18.4 Å². The first-order valence-electron chi connectivity index (χ1n) is 8.52. The van der Waals surface area contributed by atoms with Gasteiger partial charge in [0.15, 0.2) is 0 Å². The summed E-state index contributed by atoms with van der Waals surface area (Å²) in [4.78, 5) is 29.1. The van der Waals surface area contributed by atoms with E-state index in [9.17, 15) is 14.9 Å². The molecule has 2 aliphatic rings. The van der Waals surface area contributed by atoms with Gasteiger partial charge in [-0.3, -0.25) is 19.8 Å². The maximum atomic E-state index is 12.2. The number of hydrogen-bond acceptors (Lipinski definition) is 6. The molecule has 0 aromatic heterocycles. The molecule has 0 saturated carbocycles. The standard InChI is InChI=1S/C17H21N5O3/c18-12-14-3-4-15(16(11-14)22(24)25)20-9-7-19(8-10-20)13-17(23)21-5-1-2-6-21/h3-4,11H,1-2,5-10,13H2. The van der Waals surface area contributed by atoms with Crippen molar-refractivity contribution in [3.8, 4) is 6.07 Å². The van der Waals surface area contributed by atoms with Crippen LogP contribution in [0.3, 0.4) is 0 Å². The Kier molecular flexibility index (Phi) is 5.14. The Morgan fingerprint density at radius 1 is 1.16 bits per heavy atom. The van der Waals surface area contributed by atoms with Gasteiger partial charge in [0.1, 0.15) is 5.69 Å². The van der Waals surface area contributed by atoms with E-state index in [0.29, 0.717) is 38.4 Å². The zero-order chi connectivity index (χ0) is 17.8. The van der Waals surface area contributed by atoms with E-state index in [1.807, 2.05) is 15.9 Å². The highest BCUT2D eigenvalue weighted by atomic mass is 16.6. The van der Waals surface area contributed by atoms with Crippen LogP contribution in [0.15, 0.2) is 18.2 Å². The van der Waals surface area contributed by atoms with Gasteiger partial charge in [0, 0.05) is 45.3 Å². The van der Waals surface area contributed by atoms with Crippen LogP contribution in [0.4, 0.5) is 11.4 Å². The number of carbonyl (C=O) groups is 1. The van der Waals surface area contributed by atoms with Gasteiger partial charge in [-0.15, -0.1) is 0 Å². The summed E-state index contributed by atoms with van der Waals surface area (Å²) < 4.78 is 0. The number of hydrogen-bond donors (Lipinski definition) is 0. The number of rotatable bonds is 4. The molecule has 1 aromatic rings. The fourth-order valence-corrected chi connectivity index (χ4v) is 3.41. The van der Waals surface area contributed by atoms with Crippen LogP contribution in [0.25, 0.3) is 0 Å². The zero-order valence-electron chi connectivity index (χ0n) is 14.1. The van der Waals surface area contributed by atoms with E-state index in [2.05, 4.69) is 4.90 Å². The molecule has 0 unspecified atom stereocenters. The molecule has 2 aliphatic heterocycles. The van der Waals surface area contributed by atoms with E-state index in [-0.39, 0.29) is 17.2 Å². The highest BCUT2D eigenvalue weighted by Crippen LogP contribution is 2.29. The third-order valence-corrected chi connectivity index (χ3v) is 4.83. The molecule has 0 bridgehead atoms. The Balaban J connectivity index is 1.61. The van der Waals surface area contributed by atoms with Crippen LogP contribution in [-0.4, -0.2) is 66.4 Å². The molecular formula is C17H21N5O3. The smallest absolute Gasteiger partial charge is 0.293 e. The van der Waals surface area contributed by atoms with Gasteiger partial charge in [-0.1, -0.05) is 0 Å². The molecule has 0 N–H and O–H groups in total. The van der Waals surface area contributed by atoms with Crippen LogP contribution >= 0.6 is 0 Å². The van der Waals surface area contributed by atoms with Crippen molar-refractivity contribution in [3.05, 3.63) is 33.9 Å². The van der Waals surface area contributed by atoms with Crippen LogP contribution < -0.4 is 4.90 Å². The van der Waals surface area contributed by atoms with Gasteiger partial charge in [0.2, 0.25) is 5.91 Å². The number of nitro benzene ring substituents is 1. The van der Waals surface area contributed by atoms with Crippen molar-refractivity contribution in [2.75, 3.05) is 50.7 Å². The summed E-state index contributed by atoms with van der Waals surface area (Å²) in [7, 11) is 0. The highest BCUT2D eigenvalue weighted by Gasteiger charge is 2.26. The van der Waals surface area contributed by atoms with Crippen LogP contribution in [-0.2, 0) is 4.79 Å². The molecule has 0 aliphatic carbocycles. The van der Waals surface area contributed by atoms with E-state index in [4.69, 9.17) is 5.26 Å². The lowest BCUT2D eigenvalue weighted by atomic mass is 10.1. The first-order valence-corrected chi connectivity index (χ1v) is 8.52. The second-order valence-corrected chi connectivity index (χ2v) is 6.42. The van der Waals surface area contributed by atoms with Crippen LogP contribution in [0.2, 0.25) is 0 Å². The lowest BCUT2D eigenvalue weighted by molar-refractivity contribution is -0.384. The molecule has 0 radical (unpaired) electrons. The molecule has 3 rings (SSSR count). The maximum absolute atomic E-state index is 12.2. The van der Waals surface area contributed by atoms with Crippen molar-refractivity contribution in [2.24, 2.45) is 0 Å². The van der Waals surface area contributed by atoms with Gasteiger partial charge in [0.05, 0.1) is 23.1 Å². The summed E-state index contributed by atoms with van der Waals surface area (Å²) in [5.41, 5.74) is 0.778. The summed E-state index contributed by atoms with van der Waals surface area (Å²) in [6.45, 7) is 4.77. The SMILES string of the molecule is N#Cc1ccc(N2CCN(CC(=O)N3CCCC3)CC2)c([N+](=O)[O-])c1. The van der Waals surface area contributed by atoms with Crippen LogP contribution in [0.5, 0.6) is 0 Å². The number of nitrogens with zero attached hydrogens (tertiary/aromatic N) is 5. The minimum absolute atomic E-state index is 0.0411. The number of nitro groups is 1. The van der Waals surface area contributed by atoms with Gasteiger partial charge >= 0.3 is 0 Å². The Labute approximate surface area is 146 Å². The number of amides is 1.